The van der Waals surface area contributed by atoms with Crippen molar-refractivity contribution < 1.29 is 14.7 Å². The van der Waals surface area contributed by atoms with Crippen LogP contribution < -0.4 is 0 Å². The van der Waals surface area contributed by atoms with Gasteiger partial charge in [-0.1, -0.05) is 42.1 Å². The van der Waals surface area contributed by atoms with Crippen molar-refractivity contribution in [3.05, 3.63) is 48.6 Å². The molecule has 5 heteroatoms. The van der Waals surface area contributed by atoms with Crippen LogP contribution in [0.3, 0.4) is 0 Å². The molecule has 0 aromatic heterocycles. The fourth-order valence-corrected chi connectivity index (χ4v) is 1.41. The number of hydrogen-bond acceptors (Lipinski definition) is 4. The highest BCUT2D eigenvalue weighted by atomic mass is 16.6. The lowest BCUT2D eigenvalue weighted by molar-refractivity contribution is -0.125. The molecular weight excluding hydrogens is 244 g/mol. The molecule has 102 valence electrons. The molecule has 0 aliphatic rings. The van der Waals surface area contributed by atoms with Crippen LogP contribution in [0.1, 0.15) is 5.56 Å². The Morgan fingerprint density at radius 3 is 2.79 bits per heavy atom. The predicted molar refractivity (Wildman–Crippen MR) is 73.6 cm³/mol. The third-order valence-corrected chi connectivity index (χ3v) is 2.38. The molecule has 1 N–H and O–H groups in total. The summed E-state index contributed by atoms with van der Waals surface area (Å²) in [7, 11) is 0. The minimum Gasteiger partial charge on any atom is -0.395 e. The molecule has 0 saturated heterocycles. The maximum Gasteiger partial charge on any atom is 0.246 e. The van der Waals surface area contributed by atoms with Crippen LogP contribution in [0.5, 0.6) is 0 Å². The van der Waals surface area contributed by atoms with Crippen molar-refractivity contribution >= 4 is 12.1 Å². The Bertz CT molecular complexity index is 418. The molecule has 19 heavy (non-hydrogen) atoms. The second-order valence-corrected chi connectivity index (χ2v) is 3.76. The van der Waals surface area contributed by atoms with Gasteiger partial charge >= 0.3 is 0 Å². The number of aliphatic hydroxyl groups excluding tert-OH is 1. The molecule has 0 radical (unpaired) electrons. The molecular formula is C14H18N2O3. The molecule has 0 aliphatic heterocycles. The maximum absolute atomic E-state index is 11.4. The number of oxime groups is 1. The maximum atomic E-state index is 11.4. The van der Waals surface area contributed by atoms with Gasteiger partial charge in [-0.15, -0.1) is 0 Å². The van der Waals surface area contributed by atoms with Gasteiger partial charge in [0.2, 0.25) is 5.91 Å². The fourth-order valence-electron chi connectivity index (χ4n) is 1.41. The van der Waals surface area contributed by atoms with Crippen LogP contribution in [-0.2, 0) is 16.2 Å². The van der Waals surface area contributed by atoms with Gasteiger partial charge in [0.15, 0.2) is 0 Å². The third kappa shape index (κ3) is 5.83. The molecule has 0 bridgehead atoms. The second kappa shape index (κ2) is 8.88. The zero-order valence-corrected chi connectivity index (χ0v) is 10.7. The normalized spacial score (nSPS) is 10.4. The van der Waals surface area contributed by atoms with Crippen molar-refractivity contribution in [3.8, 4) is 0 Å². The summed E-state index contributed by atoms with van der Waals surface area (Å²) in [6, 6.07) is 9.66. The van der Waals surface area contributed by atoms with Gasteiger partial charge in [0, 0.05) is 6.54 Å². The number of hydrogen-bond donors (Lipinski definition) is 1. The van der Waals surface area contributed by atoms with Crippen LogP contribution in [0.4, 0.5) is 0 Å². The van der Waals surface area contributed by atoms with E-state index in [1.807, 2.05) is 30.3 Å². The predicted octanol–water partition coefficient (Wildman–Crippen LogP) is 1.20. The molecule has 0 saturated carbocycles. The molecule has 0 atom stereocenters. The molecule has 0 aliphatic carbocycles. The first-order valence-electron chi connectivity index (χ1n) is 5.98. The molecule has 0 unspecified atom stereocenters. The summed E-state index contributed by atoms with van der Waals surface area (Å²) in [6.45, 7) is 4.21. The van der Waals surface area contributed by atoms with Gasteiger partial charge < -0.3 is 14.8 Å². The second-order valence-electron chi connectivity index (χ2n) is 3.76. The van der Waals surface area contributed by atoms with E-state index in [1.54, 1.807) is 0 Å². The minimum absolute atomic E-state index is 0.0989. The molecule has 1 amide bonds. The Balaban J connectivity index is 2.32. The van der Waals surface area contributed by atoms with Crippen LogP contribution in [0.15, 0.2) is 48.1 Å². The fraction of sp³-hybridized carbons (Fsp3) is 0.286. The van der Waals surface area contributed by atoms with Crippen molar-refractivity contribution in [2.24, 2.45) is 5.16 Å². The van der Waals surface area contributed by atoms with E-state index in [-0.39, 0.29) is 25.6 Å². The lowest BCUT2D eigenvalue weighted by Crippen LogP contribution is -2.33. The quantitative estimate of drug-likeness (QED) is 0.435. The average Bonchev–Trinajstić information content (AvgIpc) is 2.46. The number of aliphatic hydroxyl groups is 1. The highest BCUT2D eigenvalue weighted by Crippen LogP contribution is 2.00. The lowest BCUT2D eigenvalue weighted by Gasteiger charge is -2.16. The van der Waals surface area contributed by atoms with E-state index < -0.39 is 0 Å². The third-order valence-electron chi connectivity index (χ3n) is 2.38. The highest BCUT2D eigenvalue weighted by Gasteiger charge is 2.06. The summed E-state index contributed by atoms with van der Waals surface area (Å²) in [5.41, 5.74) is 1.02. The average molecular weight is 262 g/mol. The van der Waals surface area contributed by atoms with Crippen molar-refractivity contribution in [2.45, 2.75) is 6.61 Å². The molecule has 0 spiro atoms. The van der Waals surface area contributed by atoms with E-state index in [1.165, 1.54) is 17.2 Å². The first-order chi connectivity index (χ1) is 9.27. The van der Waals surface area contributed by atoms with Gasteiger partial charge in [-0.25, -0.2) is 0 Å². The van der Waals surface area contributed by atoms with Crippen molar-refractivity contribution in [1.82, 2.24) is 4.90 Å². The van der Waals surface area contributed by atoms with Gasteiger partial charge in [-0.3, -0.25) is 4.79 Å². The molecule has 0 fully saturated rings. The van der Waals surface area contributed by atoms with E-state index >= 15 is 0 Å². The monoisotopic (exact) mass is 262 g/mol. The Morgan fingerprint density at radius 2 is 2.16 bits per heavy atom. The summed E-state index contributed by atoms with van der Waals surface area (Å²) in [6.07, 6.45) is 2.69. The zero-order chi connectivity index (χ0) is 13.9. The van der Waals surface area contributed by atoms with Crippen LogP contribution >= 0.6 is 0 Å². The van der Waals surface area contributed by atoms with E-state index in [4.69, 9.17) is 9.94 Å². The van der Waals surface area contributed by atoms with E-state index in [9.17, 15) is 4.79 Å². The Morgan fingerprint density at radius 1 is 1.42 bits per heavy atom. The first kappa shape index (κ1) is 14.9. The Labute approximate surface area is 112 Å². The number of carbonyl (C=O) groups excluding carboxylic acids is 1. The Hall–Kier alpha value is -2.14. The highest BCUT2D eigenvalue weighted by molar-refractivity contribution is 5.88. The van der Waals surface area contributed by atoms with E-state index in [0.717, 1.165) is 5.56 Å². The summed E-state index contributed by atoms with van der Waals surface area (Å²) in [4.78, 5) is 17.9. The number of nitrogens with zero attached hydrogens (tertiary/aromatic N) is 2. The van der Waals surface area contributed by atoms with Gasteiger partial charge in [-0.2, -0.15) is 0 Å². The molecule has 1 aromatic rings. The minimum atomic E-state index is -0.247. The van der Waals surface area contributed by atoms with E-state index in [0.29, 0.717) is 6.61 Å². The number of carbonyl (C=O) groups is 1. The molecule has 1 rings (SSSR count). The smallest absolute Gasteiger partial charge is 0.246 e. The standard InChI is InChI=1S/C14H18N2O3/c1-2-14(18)16(10-11-17)9-8-15-19-12-13-6-4-3-5-7-13/h2-8,17H,1,9-12H2. The van der Waals surface area contributed by atoms with E-state index in [2.05, 4.69) is 11.7 Å². The lowest BCUT2D eigenvalue weighted by atomic mass is 10.2. The van der Waals surface area contributed by atoms with Crippen LogP contribution in [0.25, 0.3) is 0 Å². The number of benzene rings is 1. The SMILES string of the molecule is C=CC(=O)N(CC=NOCc1ccccc1)CCO. The largest absolute Gasteiger partial charge is 0.395 e. The van der Waals surface area contributed by atoms with Crippen LogP contribution in [0.2, 0.25) is 0 Å². The van der Waals surface area contributed by atoms with Crippen molar-refractivity contribution in [1.29, 1.82) is 0 Å². The zero-order valence-electron chi connectivity index (χ0n) is 10.7. The number of rotatable bonds is 8. The topological polar surface area (TPSA) is 62.1 Å². The van der Waals surface area contributed by atoms with Gasteiger partial charge in [0.05, 0.1) is 19.4 Å². The van der Waals surface area contributed by atoms with Gasteiger partial charge in [-0.05, 0) is 11.6 Å². The summed E-state index contributed by atoms with van der Waals surface area (Å²) >= 11 is 0. The summed E-state index contributed by atoms with van der Waals surface area (Å²) in [5, 5.41) is 12.6. The molecule has 1 aromatic carbocycles. The number of amides is 1. The van der Waals surface area contributed by atoms with Crippen LogP contribution in [0, 0.1) is 0 Å². The van der Waals surface area contributed by atoms with Gasteiger partial charge in [0.25, 0.3) is 0 Å². The first-order valence-corrected chi connectivity index (χ1v) is 5.98. The van der Waals surface area contributed by atoms with Crippen LogP contribution in [-0.4, -0.2) is 41.8 Å². The van der Waals surface area contributed by atoms with Crippen molar-refractivity contribution in [2.75, 3.05) is 19.7 Å². The summed E-state index contributed by atoms with van der Waals surface area (Å²) in [5.74, 6) is -0.247. The molecule has 5 nitrogen and oxygen atoms in total. The van der Waals surface area contributed by atoms with Gasteiger partial charge in [0.1, 0.15) is 6.61 Å². The molecule has 0 heterocycles. The van der Waals surface area contributed by atoms with Crippen molar-refractivity contribution in [3.63, 3.8) is 0 Å². The Kier molecular flexibility index (Phi) is 6.97. The summed E-state index contributed by atoms with van der Waals surface area (Å²) < 4.78 is 0.